The Morgan fingerprint density at radius 1 is 1.03 bits per heavy atom. The van der Waals surface area contributed by atoms with Crippen molar-refractivity contribution in [2.75, 3.05) is 19.5 Å². The Labute approximate surface area is 170 Å². The molecular weight excluding hydrogens is 368 g/mol. The summed E-state index contributed by atoms with van der Waals surface area (Å²) in [5.41, 5.74) is 3.77. The van der Waals surface area contributed by atoms with Crippen molar-refractivity contribution in [3.63, 3.8) is 0 Å². The van der Waals surface area contributed by atoms with E-state index in [1.165, 1.54) is 0 Å². The van der Waals surface area contributed by atoms with Gasteiger partial charge < -0.3 is 20.1 Å². The minimum atomic E-state index is -0.253. The largest absolute Gasteiger partial charge is 0.496 e. The first kappa shape index (κ1) is 20.1. The predicted molar refractivity (Wildman–Crippen MR) is 112 cm³/mol. The molecule has 2 heterocycles. The Hall–Kier alpha value is -3.61. The highest BCUT2D eigenvalue weighted by Crippen LogP contribution is 2.28. The molecule has 2 aromatic heterocycles. The van der Waals surface area contributed by atoms with Gasteiger partial charge in [-0.25, -0.2) is 4.98 Å². The summed E-state index contributed by atoms with van der Waals surface area (Å²) in [6, 6.07) is 10.9. The fourth-order valence-corrected chi connectivity index (χ4v) is 3.07. The van der Waals surface area contributed by atoms with Crippen LogP contribution in [0.25, 0.3) is 0 Å². The van der Waals surface area contributed by atoms with E-state index in [4.69, 9.17) is 9.47 Å². The number of carbonyl (C=O) groups is 1. The second kappa shape index (κ2) is 9.05. The fourth-order valence-electron chi connectivity index (χ4n) is 3.07. The number of rotatable bonds is 7. The summed E-state index contributed by atoms with van der Waals surface area (Å²) in [5.74, 6) is 1.64. The molecule has 29 heavy (non-hydrogen) atoms. The average molecular weight is 392 g/mol. The van der Waals surface area contributed by atoms with Gasteiger partial charge in [-0.15, -0.1) is 0 Å². The van der Waals surface area contributed by atoms with Crippen LogP contribution in [0.3, 0.4) is 0 Å². The molecule has 1 aromatic carbocycles. The number of ether oxygens (including phenoxy) is 2. The molecule has 7 nitrogen and oxygen atoms in total. The van der Waals surface area contributed by atoms with Crippen molar-refractivity contribution < 1.29 is 14.3 Å². The topological polar surface area (TPSA) is 85.4 Å². The number of aryl methyl sites for hydroxylation is 1. The van der Waals surface area contributed by atoms with Crippen molar-refractivity contribution in [1.82, 2.24) is 15.3 Å². The lowest BCUT2D eigenvalue weighted by molar-refractivity contribution is 0.0951. The maximum atomic E-state index is 12.8. The van der Waals surface area contributed by atoms with E-state index in [1.807, 2.05) is 38.1 Å². The Morgan fingerprint density at radius 2 is 1.83 bits per heavy atom. The number of methoxy groups -OCH3 is 2. The number of nitrogens with one attached hydrogen (secondary N) is 2. The lowest BCUT2D eigenvalue weighted by atomic mass is 10.1. The van der Waals surface area contributed by atoms with E-state index in [9.17, 15) is 4.79 Å². The molecule has 0 spiro atoms. The number of carbonyl (C=O) groups excluding carboxylic acids is 1. The van der Waals surface area contributed by atoms with Crippen molar-refractivity contribution in [3.05, 3.63) is 71.2 Å². The molecule has 0 fully saturated rings. The Balaban J connectivity index is 1.79. The minimum absolute atomic E-state index is 0.253. The molecule has 0 saturated heterocycles. The van der Waals surface area contributed by atoms with Crippen molar-refractivity contribution in [2.24, 2.45) is 0 Å². The van der Waals surface area contributed by atoms with Crippen molar-refractivity contribution in [2.45, 2.75) is 20.4 Å². The molecule has 0 bridgehead atoms. The molecule has 3 rings (SSSR count). The minimum Gasteiger partial charge on any atom is -0.496 e. The highest BCUT2D eigenvalue weighted by atomic mass is 16.5. The number of hydrogen-bond donors (Lipinski definition) is 2. The van der Waals surface area contributed by atoms with Gasteiger partial charge in [0.1, 0.15) is 17.3 Å². The van der Waals surface area contributed by atoms with Gasteiger partial charge in [-0.2, -0.15) is 0 Å². The van der Waals surface area contributed by atoms with Gasteiger partial charge >= 0.3 is 0 Å². The summed E-state index contributed by atoms with van der Waals surface area (Å²) >= 11 is 0. The SMILES string of the molecule is COc1ccccc1Nc1ncccc1C(=O)NCc1ncc(C)c(OC)c1C. The number of pyridine rings is 2. The molecule has 150 valence electrons. The zero-order chi connectivity index (χ0) is 20.8. The van der Waals surface area contributed by atoms with Gasteiger partial charge in [0.25, 0.3) is 5.91 Å². The fraction of sp³-hybridized carbons (Fsp3) is 0.227. The molecule has 7 heteroatoms. The Kier molecular flexibility index (Phi) is 6.29. The van der Waals surface area contributed by atoms with Crippen LogP contribution in [0, 0.1) is 13.8 Å². The van der Waals surface area contributed by atoms with E-state index in [0.29, 0.717) is 17.1 Å². The van der Waals surface area contributed by atoms with Gasteiger partial charge in [0.2, 0.25) is 0 Å². The average Bonchev–Trinajstić information content (AvgIpc) is 2.74. The van der Waals surface area contributed by atoms with E-state index >= 15 is 0 Å². The predicted octanol–water partition coefficient (Wildman–Crippen LogP) is 3.78. The second-order valence-electron chi connectivity index (χ2n) is 6.45. The van der Waals surface area contributed by atoms with Crippen LogP contribution in [-0.2, 0) is 6.54 Å². The number of anilines is 2. The highest BCUT2D eigenvalue weighted by Gasteiger charge is 2.15. The van der Waals surface area contributed by atoms with Crippen LogP contribution >= 0.6 is 0 Å². The van der Waals surface area contributed by atoms with Crippen molar-refractivity contribution >= 4 is 17.4 Å². The van der Waals surface area contributed by atoms with Crippen LogP contribution in [0.4, 0.5) is 11.5 Å². The molecular formula is C22H24N4O3. The van der Waals surface area contributed by atoms with Gasteiger partial charge in [-0.1, -0.05) is 12.1 Å². The molecule has 2 N–H and O–H groups in total. The van der Waals surface area contributed by atoms with E-state index in [2.05, 4.69) is 20.6 Å². The van der Waals surface area contributed by atoms with Gasteiger partial charge in [-0.3, -0.25) is 9.78 Å². The summed E-state index contributed by atoms with van der Waals surface area (Å²) in [5, 5.41) is 6.09. The molecule has 0 radical (unpaired) electrons. The third-order valence-electron chi connectivity index (χ3n) is 4.58. The zero-order valence-electron chi connectivity index (χ0n) is 16.9. The number of nitrogens with zero attached hydrogens (tertiary/aromatic N) is 2. The summed E-state index contributed by atoms with van der Waals surface area (Å²) < 4.78 is 10.8. The van der Waals surface area contributed by atoms with E-state index < -0.39 is 0 Å². The van der Waals surface area contributed by atoms with E-state index in [1.54, 1.807) is 38.7 Å². The third kappa shape index (κ3) is 4.45. The first-order valence-electron chi connectivity index (χ1n) is 9.17. The van der Waals surface area contributed by atoms with Crippen molar-refractivity contribution in [1.29, 1.82) is 0 Å². The first-order valence-corrected chi connectivity index (χ1v) is 9.17. The molecule has 0 aliphatic rings. The summed E-state index contributed by atoms with van der Waals surface area (Å²) in [4.78, 5) is 21.6. The number of benzene rings is 1. The quantitative estimate of drug-likeness (QED) is 0.636. The number of aromatic nitrogens is 2. The van der Waals surface area contributed by atoms with Crippen LogP contribution in [0.1, 0.15) is 27.2 Å². The van der Waals surface area contributed by atoms with Crippen LogP contribution < -0.4 is 20.1 Å². The van der Waals surface area contributed by atoms with E-state index in [0.717, 1.165) is 28.3 Å². The first-order chi connectivity index (χ1) is 14.0. The summed E-state index contributed by atoms with van der Waals surface area (Å²) in [6.45, 7) is 4.15. The van der Waals surface area contributed by atoms with Gasteiger partial charge in [0.05, 0.1) is 37.7 Å². The third-order valence-corrected chi connectivity index (χ3v) is 4.58. The number of hydrogen-bond acceptors (Lipinski definition) is 6. The van der Waals surface area contributed by atoms with Crippen LogP contribution in [0.2, 0.25) is 0 Å². The monoisotopic (exact) mass is 392 g/mol. The molecule has 0 unspecified atom stereocenters. The standard InChI is InChI=1S/C22H24N4O3/c1-14-12-24-18(15(2)20(14)29-4)13-25-22(27)16-8-7-11-23-21(16)26-17-9-5-6-10-19(17)28-3/h5-12H,13H2,1-4H3,(H,23,26)(H,25,27). The van der Waals surface area contributed by atoms with Crippen LogP contribution in [0.5, 0.6) is 11.5 Å². The van der Waals surface area contributed by atoms with E-state index in [-0.39, 0.29) is 12.5 Å². The molecule has 1 amide bonds. The van der Waals surface area contributed by atoms with Crippen LogP contribution in [0.15, 0.2) is 48.8 Å². The lowest BCUT2D eigenvalue weighted by Gasteiger charge is -2.15. The Morgan fingerprint density at radius 3 is 2.59 bits per heavy atom. The maximum absolute atomic E-state index is 12.8. The normalized spacial score (nSPS) is 10.3. The van der Waals surface area contributed by atoms with Crippen molar-refractivity contribution in [3.8, 4) is 11.5 Å². The number of amides is 1. The van der Waals surface area contributed by atoms with Crippen LogP contribution in [-0.4, -0.2) is 30.1 Å². The molecule has 0 aliphatic heterocycles. The lowest BCUT2D eigenvalue weighted by Crippen LogP contribution is -2.25. The number of para-hydroxylation sites is 2. The molecule has 0 saturated carbocycles. The molecule has 3 aromatic rings. The molecule has 0 aliphatic carbocycles. The summed E-state index contributed by atoms with van der Waals surface area (Å²) in [6.07, 6.45) is 3.37. The van der Waals surface area contributed by atoms with Gasteiger partial charge in [0.15, 0.2) is 0 Å². The molecule has 0 atom stereocenters. The summed E-state index contributed by atoms with van der Waals surface area (Å²) in [7, 11) is 3.22. The van der Waals surface area contributed by atoms with Gasteiger partial charge in [0, 0.05) is 23.5 Å². The second-order valence-corrected chi connectivity index (χ2v) is 6.45. The maximum Gasteiger partial charge on any atom is 0.255 e. The van der Waals surface area contributed by atoms with Gasteiger partial charge in [-0.05, 0) is 38.1 Å². The zero-order valence-corrected chi connectivity index (χ0v) is 16.9. The smallest absolute Gasteiger partial charge is 0.255 e. The Bertz CT molecular complexity index is 1020. The highest BCUT2D eigenvalue weighted by molar-refractivity contribution is 5.99.